The molecule has 1 aromatic carbocycles. The second-order valence-corrected chi connectivity index (χ2v) is 7.35. The van der Waals surface area contributed by atoms with Crippen molar-refractivity contribution in [3.63, 3.8) is 0 Å². The number of carbonyl (C=O) groups is 1. The number of hydrogen-bond acceptors (Lipinski definition) is 3. The molecule has 0 heterocycles. The first-order valence-corrected chi connectivity index (χ1v) is 8.74. The monoisotopic (exact) mass is 311 g/mol. The van der Waals surface area contributed by atoms with Crippen LogP contribution in [-0.2, 0) is 10.0 Å². The van der Waals surface area contributed by atoms with E-state index in [4.69, 9.17) is 5.11 Å². The van der Waals surface area contributed by atoms with Gasteiger partial charge in [-0.2, -0.15) is 0 Å². The van der Waals surface area contributed by atoms with Gasteiger partial charge in [-0.15, -0.1) is 0 Å². The van der Waals surface area contributed by atoms with Crippen LogP contribution in [0.3, 0.4) is 0 Å². The molecule has 0 amide bonds. The molecule has 0 radical (unpaired) electrons. The second kappa shape index (κ2) is 6.58. The number of carboxylic acid groups (broad SMARTS) is 1. The Hall–Kier alpha value is -1.40. The lowest BCUT2D eigenvalue weighted by Gasteiger charge is -2.28. The Balaban J connectivity index is 2.08. The first kappa shape index (κ1) is 16.0. The predicted molar refractivity (Wildman–Crippen MR) is 79.8 cm³/mol. The number of nitrogens with one attached hydrogen (secondary N) is 1. The van der Waals surface area contributed by atoms with Crippen molar-refractivity contribution in [3.8, 4) is 0 Å². The molecule has 1 aliphatic rings. The minimum Gasteiger partial charge on any atom is -0.478 e. The van der Waals surface area contributed by atoms with Crippen LogP contribution in [0.1, 0.15) is 49.4 Å². The molecule has 1 saturated carbocycles. The summed E-state index contributed by atoms with van der Waals surface area (Å²) in [7, 11) is -3.59. The number of carboxylic acids is 1. The molecule has 0 unspecified atom stereocenters. The zero-order valence-corrected chi connectivity index (χ0v) is 12.9. The van der Waals surface area contributed by atoms with Crippen molar-refractivity contribution in [2.75, 3.05) is 0 Å². The highest BCUT2D eigenvalue weighted by Gasteiger charge is 2.25. The third-order valence-corrected chi connectivity index (χ3v) is 5.68. The van der Waals surface area contributed by atoms with Crippen molar-refractivity contribution in [1.82, 2.24) is 4.72 Å². The van der Waals surface area contributed by atoms with Gasteiger partial charge in [0.05, 0.1) is 10.5 Å². The molecule has 2 N–H and O–H groups in total. The average Bonchev–Trinajstić information content (AvgIpc) is 2.48. The van der Waals surface area contributed by atoms with Gasteiger partial charge in [-0.3, -0.25) is 0 Å². The standard InChI is InChI=1S/C15H21NO4S/c1-11(12-5-3-2-4-6-12)16-21(19,20)14-9-7-13(8-10-14)15(17)18/h7-12,16H,2-6H2,1H3,(H,17,18)/t11-/m0/s1. The summed E-state index contributed by atoms with van der Waals surface area (Å²) in [5.74, 6) is -0.686. The van der Waals surface area contributed by atoms with Gasteiger partial charge < -0.3 is 5.11 Å². The van der Waals surface area contributed by atoms with E-state index in [1.807, 2.05) is 6.92 Å². The summed E-state index contributed by atoms with van der Waals surface area (Å²) < 4.78 is 27.3. The van der Waals surface area contributed by atoms with Gasteiger partial charge in [0.1, 0.15) is 0 Å². The number of rotatable bonds is 5. The van der Waals surface area contributed by atoms with Gasteiger partial charge in [-0.25, -0.2) is 17.9 Å². The van der Waals surface area contributed by atoms with Crippen LogP contribution in [0.2, 0.25) is 0 Å². The summed E-state index contributed by atoms with van der Waals surface area (Å²) in [4.78, 5) is 10.9. The maximum atomic E-state index is 12.3. The van der Waals surface area contributed by atoms with E-state index in [0.717, 1.165) is 25.7 Å². The molecular weight excluding hydrogens is 290 g/mol. The molecule has 1 aliphatic carbocycles. The normalized spacial score (nSPS) is 18.3. The maximum absolute atomic E-state index is 12.3. The number of benzene rings is 1. The van der Waals surface area contributed by atoms with Crippen LogP contribution in [0, 0.1) is 5.92 Å². The minimum absolute atomic E-state index is 0.0780. The van der Waals surface area contributed by atoms with Gasteiger partial charge in [-0.05, 0) is 49.9 Å². The average molecular weight is 311 g/mol. The van der Waals surface area contributed by atoms with Crippen LogP contribution in [0.25, 0.3) is 0 Å². The SMILES string of the molecule is C[C@H](NS(=O)(=O)c1ccc(C(=O)O)cc1)C1CCCCC1. The highest BCUT2D eigenvalue weighted by atomic mass is 32.2. The van der Waals surface area contributed by atoms with E-state index in [9.17, 15) is 13.2 Å². The van der Waals surface area contributed by atoms with Gasteiger partial charge in [0.15, 0.2) is 0 Å². The maximum Gasteiger partial charge on any atom is 0.335 e. The van der Waals surface area contributed by atoms with Crippen molar-refractivity contribution in [2.24, 2.45) is 5.92 Å². The fraction of sp³-hybridized carbons (Fsp3) is 0.533. The van der Waals surface area contributed by atoms with E-state index >= 15 is 0 Å². The van der Waals surface area contributed by atoms with Crippen LogP contribution in [-0.4, -0.2) is 25.5 Å². The van der Waals surface area contributed by atoms with E-state index < -0.39 is 16.0 Å². The van der Waals surface area contributed by atoms with Crippen molar-refractivity contribution < 1.29 is 18.3 Å². The third-order valence-electron chi connectivity index (χ3n) is 4.11. The second-order valence-electron chi connectivity index (χ2n) is 5.64. The molecule has 1 fully saturated rings. The van der Waals surface area contributed by atoms with Gasteiger partial charge >= 0.3 is 5.97 Å². The number of aromatic carboxylic acids is 1. The van der Waals surface area contributed by atoms with Crippen LogP contribution in [0.15, 0.2) is 29.2 Å². The molecule has 5 nitrogen and oxygen atoms in total. The Morgan fingerprint density at radius 2 is 1.76 bits per heavy atom. The summed E-state index contributed by atoms with van der Waals surface area (Å²) in [5.41, 5.74) is 0.0780. The van der Waals surface area contributed by atoms with Crippen molar-refractivity contribution in [1.29, 1.82) is 0 Å². The van der Waals surface area contributed by atoms with Crippen LogP contribution >= 0.6 is 0 Å². The lowest BCUT2D eigenvalue weighted by Crippen LogP contribution is -2.38. The Bertz CT molecular complexity index is 589. The van der Waals surface area contributed by atoms with Gasteiger partial charge in [0.2, 0.25) is 10.0 Å². The topological polar surface area (TPSA) is 83.5 Å². The zero-order valence-electron chi connectivity index (χ0n) is 12.1. The third kappa shape index (κ3) is 4.04. The van der Waals surface area contributed by atoms with Crippen LogP contribution in [0.5, 0.6) is 0 Å². The first-order chi connectivity index (χ1) is 9.90. The van der Waals surface area contributed by atoms with Gasteiger partial charge in [-0.1, -0.05) is 19.3 Å². The molecule has 2 rings (SSSR count). The van der Waals surface area contributed by atoms with Crippen LogP contribution < -0.4 is 4.72 Å². The quantitative estimate of drug-likeness (QED) is 0.875. The lowest BCUT2D eigenvalue weighted by molar-refractivity contribution is 0.0696. The van der Waals surface area contributed by atoms with Crippen molar-refractivity contribution in [2.45, 2.75) is 50.0 Å². The van der Waals surface area contributed by atoms with E-state index in [0.29, 0.717) is 5.92 Å². The van der Waals surface area contributed by atoms with Gasteiger partial charge in [0, 0.05) is 6.04 Å². The molecule has 1 aromatic rings. The molecule has 6 heteroatoms. The molecule has 0 aliphatic heterocycles. The highest BCUT2D eigenvalue weighted by Crippen LogP contribution is 2.27. The summed E-state index contributed by atoms with van der Waals surface area (Å²) in [5, 5.41) is 8.83. The first-order valence-electron chi connectivity index (χ1n) is 7.26. The Labute approximate surface area is 125 Å². The molecular formula is C15H21NO4S. The van der Waals surface area contributed by atoms with E-state index in [1.165, 1.54) is 30.7 Å². The Morgan fingerprint density at radius 1 is 1.19 bits per heavy atom. The van der Waals surface area contributed by atoms with Crippen LogP contribution in [0.4, 0.5) is 0 Å². The molecule has 0 saturated heterocycles. The predicted octanol–water partition coefficient (Wildman–Crippen LogP) is 2.63. The molecule has 0 bridgehead atoms. The molecule has 1 atom stereocenters. The summed E-state index contributed by atoms with van der Waals surface area (Å²) in [6, 6.07) is 5.18. The smallest absolute Gasteiger partial charge is 0.335 e. The van der Waals surface area contributed by atoms with E-state index in [2.05, 4.69) is 4.72 Å². The van der Waals surface area contributed by atoms with E-state index in [1.54, 1.807) is 0 Å². The fourth-order valence-corrected chi connectivity index (χ4v) is 4.13. The van der Waals surface area contributed by atoms with Gasteiger partial charge in [0.25, 0.3) is 0 Å². The Morgan fingerprint density at radius 3 is 2.29 bits per heavy atom. The molecule has 0 aromatic heterocycles. The fourth-order valence-electron chi connectivity index (χ4n) is 2.82. The number of sulfonamides is 1. The summed E-state index contributed by atoms with van der Waals surface area (Å²) in [6.45, 7) is 1.90. The molecule has 116 valence electrons. The Kier molecular flexibility index (Phi) is 5.00. The van der Waals surface area contributed by atoms with Crippen molar-refractivity contribution >= 4 is 16.0 Å². The van der Waals surface area contributed by atoms with Crippen molar-refractivity contribution in [3.05, 3.63) is 29.8 Å². The summed E-state index contributed by atoms with van der Waals surface area (Å²) in [6.07, 6.45) is 5.66. The molecule has 21 heavy (non-hydrogen) atoms. The largest absolute Gasteiger partial charge is 0.478 e. The lowest BCUT2D eigenvalue weighted by atomic mass is 9.85. The number of hydrogen-bond donors (Lipinski definition) is 2. The highest BCUT2D eigenvalue weighted by molar-refractivity contribution is 7.89. The molecule has 0 spiro atoms. The summed E-state index contributed by atoms with van der Waals surface area (Å²) >= 11 is 0. The minimum atomic E-state index is -3.59. The zero-order chi connectivity index (χ0) is 15.5. The van der Waals surface area contributed by atoms with E-state index in [-0.39, 0.29) is 16.5 Å².